The summed E-state index contributed by atoms with van der Waals surface area (Å²) in [6.07, 6.45) is 11.3. The molecule has 4 nitrogen and oxygen atoms in total. The number of nitrogens with one attached hydrogen (secondary N) is 1. The zero-order valence-electron chi connectivity index (χ0n) is 10.7. The van der Waals surface area contributed by atoms with Gasteiger partial charge in [0.1, 0.15) is 5.54 Å². The van der Waals surface area contributed by atoms with Gasteiger partial charge in [0.25, 0.3) is 0 Å². The Balaban J connectivity index is 1.95. The van der Waals surface area contributed by atoms with Crippen molar-refractivity contribution in [3.8, 4) is 12.3 Å². The van der Waals surface area contributed by atoms with E-state index in [9.17, 15) is 9.59 Å². The predicted octanol–water partition coefficient (Wildman–Crippen LogP) is 1.06. The third-order valence-corrected chi connectivity index (χ3v) is 3.87. The number of carbonyl (C=O) groups is 2. The molecule has 1 aliphatic carbocycles. The molecule has 0 radical (unpaired) electrons. The van der Waals surface area contributed by atoms with E-state index in [-0.39, 0.29) is 18.4 Å². The Kier molecular flexibility index (Phi) is 3.90. The fourth-order valence-electron chi connectivity index (χ4n) is 2.94. The second-order valence-electron chi connectivity index (χ2n) is 5.23. The predicted molar refractivity (Wildman–Crippen MR) is 68.6 cm³/mol. The molecule has 2 rings (SSSR count). The molecule has 1 aliphatic heterocycles. The Morgan fingerprint density at radius 1 is 1.28 bits per heavy atom. The standard InChI is InChI=1S/C14H20N2O2/c1-2-3-4-7-10-16-11-12(17)15-14(13(16)18)8-5-6-9-14/h1H,3-11H2,(H,15,17). The lowest BCUT2D eigenvalue weighted by atomic mass is 9.93. The number of terminal acetylenes is 1. The number of carbonyl (C=O) groups excluding carboxylic acids is 2. The van der Waals surface area contributed by atoms with Crippen LogP contribution in [0.2, 0.25) is 0 Å². The summed E-state index contributed by atoms with van der Waals surface area (Å²) in [6, 6.07) is 0. The van der Waals surface area contributed by atoms with Crippen LogP contribution in [0.1, 0.15) is 44.9 Å². The SMILES string of the molecule is C#CCCCCN1CC(=O)NC2(CCCC2)C1=O. The van der Waals surface area contributed by atoms with Crippen molar-refractivity contribution in [1.82, 2.24) is 10.2 Å². The van der Waals surface area contributed by atoms with Gasteiger partial charge in [0.15, 0.2) is 0 Å². The molecule has 0 aromatic heterocycles. The van der Waals surface area contributed by atoms with Crippen molar-refractivity contribution in [1.29, 1.82) is 0 Å². The van der Waals surface area contributed by atoms with Crippen molar-refractivity contribution in [2.45, 2.75) is 50.5 Å². The quantitative estimate of drug-likeness (QED) is 0.597. The second kappa shape index (κ2) is 5.43. The Hall–Kier alpha value is -1.50. The van der Waals surface area contributed by atoms with Gasteiger partial charge < -0.3 is 10.2 Å². The first-order chi connectivity index (χ1) is 8.68. The lowest BCUT2D eigenvalue weighted by molar-refractivity contribution is -0.149. The zero-order chi connectivity index (χ0) is 13.0. The van der Waals surface area contributed by atoms with E-state index in [1.165, 1.54) is 0 Å². The minimum Gasteiger partial charge on any atom is -0.340 e. The average Bonchev–Trinajstić information content (AvgIpc) is 2.80. The highest BCUT2D eigenvalue weighted by atomic mass is 16.2. The van der Waals surface area contributed by atoms with Gasteiger partial charge in [0.05, 0.1) is 6.54 Å². The highest BCUT2D eigenvalue weighted by molar-refractivity contribution is 5.98. The molecule has 1 N–H and O–H groups in total. The first-order valence-electron chi connectivity index (χ1n) is 6.72. The molecule has 1 saturated heterocycles. The summed E-state index contributed by atoms with van der Waals surface area (Å²) in [4.78, 5) is 25.9. The maximum absolute atomic E-state index is 12.4. The van der Waals surface area contributed by atoms with Crippen LogP contribution >= 0.6 is 0 Å². The number of hydrogen-bond acceptors (Lipinski definition) is 2. The molecule has 98 valence electrons. The fraction of sp³-hybridized carbons (Fsp3) is 0.714. The fourth-order valence-corrected chi connectivity index (χ4v) is 2.94. The summed E-state index contributed by atoms with van der Waals surface area (Å²) in [5, 5.41) is 2.91. The van der Waals surface area contributed by atoms with E-state index in [4.69, 9.17) is 6.42 Å². The summed E-state index contributed by atoms with van der Waals surface area (Å²) in [6.45, 7) is 0.853. The summed E-state index contributed by atoms with van der Waals surface area (Å²) in [7, 11) is 0. The van der Waals surface area contributed by atoms with Crippen LogP contribution in [-0.4, -0.2) is 35.3 Å². The van der Waals surface area contributed by atoms with Gasteiger partial charge in [-0.1, -0.05) is 12.8 Å². The topological polar surface area (TPSA) is 49.4 Å². The lowest BCUT2D eigenvalue weighted by Gasteiger charge is -2.39. The van der Waals surface area contributed by atoms with Gasteiger partial charge in [-0.2, -0.15) is 0 Å². The van der Waals surface area contributed by atoms with Crippen molar-refractivity contribution in [3.63, 3.8) is 0 Å². The van der Waals surface area contributed by atoms with Gasteiger partial charge in [0, 0.05) is 13.0 Å². The van der Waals surface area contributed by atoms with Crippen LogP contribution in [0.15, 0.2) is 0 Å². The van der Waals surface area contributed by atoms with Crippen LogP contribution < -0.4 is 5.32 Å². The first-order valence-corrected chi connectivity index (χ1v) is 6.72. The maximum atomic E-state index is 12.4. The third-order valence-electron chi connectivity index (χ3n) is 3.87. The molecular formula is C14H20N2O2. The van der Waals surface area contributed by atoms with Gasteiger partial charge in [-0.15, -0.1) is 12.3 Å². The minimum absolute atomic E-state index is 0.0200. The van der Waals surface area contributed by atoms with Crippen LogP contribution in [0.3, 0.4) is 0 Å². The molecular weight excluding hydrogens is 228 g/mol. The third kappa shape index (κ3) is 2.50. The molecule has 0 aromatic carbocycles. The van der Waals surface area contributed by atoms with E-state index in [1.54, 1.807) is 4.90 Å². The summed E-state index contributed by atoms with van der Waals surface area (Å²) in [5.74, 6) is 2.68. The normalized spacial score (nSPS) is 22.1. The average molecular weight is 248 g/mol. The molecule has 1 heterocycles. The second-order valence-corrected chi connectivity index (χ2v) is 5.23. The van der Waals surface area contributed by atoms with E-state index in [0.717, 1.165) is 44.9 Å². The highest BCUT2D eigenvalue weighted by Gasteiger charge is 2.47. The van der Waals surface area contributed by atoms with Crippen molar-refractivity contribution in [2.75, 3.05) is 13.1 Å². The maximum Gasteiger partial charge on any atom is 0.248 e. The number of piperazine rings is 1. The van der Waals surface area contributed by atoms with E-state index >= 15 is 0 Å². The van der Waals surface area contributed by atoms with E-state index in [2.05, 4.69) is 11.2 Å². The Morgan fingerprint density at radius 3 is 2.67 bits per heavy atom. The van der Waals surface area contributed by atoms with Crippen LogP contribution in [0.5, 0.6) is 0 Å². The molecule has 1 spiro atoms. The molecule has 2 amide bonds. The lowest BCUT2D eigenvalue weighted by Crippen LogP contribution is -2.65. The molecule has 18 heavy (non-hydrogen) atoms. The van der Waals surface area contributed by atoms with E-state index < -0.39 is 5.54 Å². The largest absolute Gasteiger partial charge is 0.340 e. The first kappa shape index (κ1) is 12.9. The number of hydrogen-bond donors (Lipinski definition) is 1. The number of amides is 2. The summed E-state index contributed by atoms with van der Waals surface area (Å²) >= 11 is 0. The smallest absolute Gasteiger partial charge is 0.248 e. The molecule has 0 aromatic rings. The van der Waals surface area contributed by atoms with Gasteiger partial charge >= 0.3 is 0 Å². The highest BCUT2D eigenvalue weighted by Crippen LogP contribution is 2.33. The Bertz CT molecular complexity index is 378. The van der Waals surface area contributed by atoms with Crippen LogP contribution in [0.25, 0.3) is 0 Å². The van der Waals surface area contributed by atoms with Crippen LogP contribution in [0.4, 0.5) is 0 Å². The molecule has 4 heteroatoms. The number of nitrogens with zero attached hydrogens (tertiary/aromatic N) is 1. The van der Waals surface area contributed by atoms with Crippen molar-refractivity contribution < 1.29 is 9.59 Å². The summed E-state index contributed by atoms with van der Waals surface area (Å²) < 4.78 is 0. The van der Waals surface area contributed by atoms with Crippen molar-refractivity contribution in [3.05, 3.63) is 0 Å². The molecule has 2 aliphatic rings. The molecule has 0 unspecified atom stereocenters. The number of rotatable bonds is 4. The summed E-state index contributed by atoms with van der Waals surface area (Å²) in [5.41, 5.74) is -0.582. The zero-order valence-corrected chi connectivity index (χ0v) is 10.7. The van der Waals surface area contributed by atoms with E-state index in [1.807, 2.05) is 0 Å². The van der Waals surface area contributed by atoms with Gasteiger partial charge in [-0.3, -0.25) is 9.59 Å². The Morgan fingerprint density at radius 2 is 2.00 bits per heavy atom. The van der Waals surface area contributed by atoms with Gasteiger partial charge in [-0.25, -0.2) is 0 Å². The van der Waals surface area contributed by atoms with Crippen LogP contribution in [0, 0.1) is 12.3 Å². The van der Waals surface area contributed by atoms with Gasteiger partial charge in [0.2, 0.25) is 11.8 Å². The molecule has 0 bridgehead atoms. The Labute approximate surface area is 108 Å². The molecule has 2 fully saturated rings. The molecule has 0 atom stereocenters. The van der Waals surface area contributed by atoms with Crippen molar-refractivity contribution >= 4 is 11.8 Å². The number of unbranched alkanes of at least 4 members (excludes halogenated alkanes) is 2. The van der Waals surface area contributed by atoms with Crippen molar-refractivity contribution in [2.24, 2.45) is 0 Å². The van der Waals surface area contributed by atoms with Gasteiger partial charge in [-0.05, 0) is 25.7 Å². The monoisotopic (exact) mass is 248 g/mol. The van der Waals surface area contributed by atoms with E-state index in [0.29, 0.717) is 6.54 Å². The van der Waals surface area contributed by atoms with Crippen LogP contribution in [-0.2, 0) is 9.59 Å². The minimum atomic E-state index is -0.582. The molecule has 1 saturated carbocycles.